The fourth-order valence-electron chi connectivity index (χ4n) is 3.43. The molecule has 0 aromatic heterocycles. The predicted molar refractivity (Wildman–Crippen MR) is 97.7 cm³/mol. The Labute approximate surface area is 131 Å². The predicted octanol–water partition coefficient (Wildman–Crippen LogP) is 6.27. The summed E-state index contributed by atoms with van der Waals surface area (Å²) in [6.45, 7) is 4.42. The lowest BCUT2D eigenvalue weighted by atomic mass is 9.95. The van der Waals surface area contributed by atoms with Crippen LogP contribution in [0.3, 0.4) is 0 Å². The summed E-state index contributed by atoms with van der Waals surface area (Å²) in [4.78, 5) is 0. The van der Waals surface area contributed by atoms with Crippen LogP contribution in [-0.4, -0.2) is 0 Å². The van der Waals surface area contributed by atoms with Gasteiger partial charge >= 0.3 is 0 Å². The number of benzene rings is 4. The van der Waals surface area contributed by atoms with Gasteiger partial charge in [-0.05, 0) is 56.3 Å². The lowest BCUT2D eigenvalue weighted by Crippen LogP contribution is -1.85. The van der Waals surface area contributed by atoms with Crippen molar-refractivity contribution >= 4 is 32.3 Å². The molecule has 0 spiro atoms. The van der Waals surface area contributed by atoms with Crippen molar-refractivity contribution in [2.75, 3.05) is 0 Å². The van der Waals surface area contributed by atoms with Gasteiger partial charge in [0.15, 0.2) is 0 Å². The van der Waals surface area contributed by atoms with Gasteiger partial charge in [-0.2, -0.15) is 0 Å². The molecule has 0 atom stereocenters. The number of rotatable bonds is 2. The Morgan fingerprint density at radius 3 is 1.32 bits per heavy atom. The van der Waals surface area contributed by atoms with Crippen molar-refractivity contribution in [1.29, 1.82) is 0 Å². The van der Waals surface area contributed by atoms with E-state index in [2.05, 4.69) is 74.5 Å². The molecule has 0 aliphatic carbocycles. The van der Waals surface area contributed by atoms with Crippen molar-refractivity contribution in [2.45, 2.75) is 26.7 Å². The number of hydrogen-bond donors (Lipinski definition) is 0. The molecule has 4 aromatic rings. The third-order valence-electron chi connectivity index (χ3n) is 4.78. The fraction of sp³-hybridized carbons (Fsp3) is 0.182. The van der Waals surface area contributed by atoms with Crippen LogP contribution >= 0.6 is 0 Å². The minimum absolute atomic E-state index is 1.09. The van der Waals surface area contributed by atoms with Gasteiger partial charge in [0, 0.05) is 0 Å². The first-order valence-electron chi connectivity index (χ1n) is 8.17. The molecule has 22 heavy (non-hydrogen) atoms. The van der Waals surface area contributed by atoms with E-state index in [0.717, 1.165) is 12.8 Å². The molecule has 0 N–H and O–H groups in total. The Morgan fingerprint density at radius 2 is 0.909 bits per heavy atom. The van der Waals surface area contributed by atoms with E-state index in [4.69, 9.17) is 0 Å². The Kier molecular flexibility index (Phi) is 3.11. The lowest BCUT2D eigenvalue weighted by Gasteiger charge is -2.09. The molecule has 108 valence electrons. The zero-order chi connectivity index (χ0) is 15.1. The maximum atomic E-state index is 2.32. The van der Waals surface area contributed by atoms with E-state index in [1.165, 1.54) is 43.4 Å². The highest BCUT2D eigenvalue weighted by atomic mass is 14.1. The average Bonchev–Trinajstić information content (AvgIpc) is 2.59. The molecular weight excluding hydrogens is 264 g/mol. The van der Waals surface area contributed by atoms with Crippen molar-refractivity contribution < 1.29 is 0 Å². The van der Waals surface area contributed by atoms with Crippen LogP contribution in [0.25, 0.3) is 32.3 Å². The lowest BCUT2D eigenvalue weighted by molar-refractivity contribution is 1.15. The minimum Gasteiger partial charge on any atom is -0.0613 e. The summed E-state index contributed by atoms with van der Waals surface area (Å²) in [5.74, 6) is 0. The fourth-order valence-corrected chi connectivity index (χ4v) is 3.43. The molecule has 0 aliphatic heterocycles. The topological polar surface area (TPSA) is 0 Å². The standard InChI is InChI=1S/C22H20/c1-3-15-5-9-19-17(13-15)7-11-22-20-10-6-16(4-2)14-18(20)8-12-21(19)22/h5-14H,3-4H2,1-2H3. The first-order valence-corrected chi connectivity index (χ1v) is 8.17. The molecule has 0 saturated heterocycles. The van der Waals surface area contributed by atoms with Crippen LogP contribution in [0.1, 0.15) is 25.0 Å². The molecule has 0 heterocycles. The number of aryl methyl sites for hydroxylation is 2. The van der Waals surface area contributed by atoms with Crippen LogP contribution in [-0.2, 0) is 12.8 Å². The van der Waals surface area contributed by atoms with Gasteiger partial charge in [0.25, 0.3) is 0 Å². The van der Waals surface area contributed by atoms with Crippen LogP contribution in [0.2, 0.25) is 0 Å². The van der Waals surface area contributed by atoms with Crippen LogP contribution < -0.4 is 0 Å². The second-order valence-corrected chi connectivity index (χ2v) is 6.04. The number of fused-ring (bicyclic) bond motifs is 5. The van der Waals surface area contributed by atoms with Crippen LogP contribution in [0.5, 0.6) is 0 Å². The molecule has 0 nitrogen and oxygen atoms in total. The van der Waals surface area contributed by atoms with E-state index in [-0.39, 0.29) is 0 Å². The van der Waals surface area contributed by atoms with Gasteiger partial charge in [-0.25, -0.2) is 0 Å². The summed E-state index contributed by atoms with van der Waals surface area (Å²) >= 11 is 0. The normalized spacial score (nSPS) is 11.5. The molecule has 4 rings (SSSR count). The van der Waals surface area contributed by atoms with Crippen molar-refractivity contribution in [3.63, 3.8) is 0 Å². The Balaban J connectivity index is 2.08. The second kappa shape index (κ2) is 5.14. The van der Waals surface area contributed by atoms with Crippen molar-refractivity contribution in [3.05, 3.63) is 71.8 Å². The quantitative estimate of drug-likeness (QED) is 0.380. The maximum Gasteiger partial charge on any atom is -0.00990 e. The van der Waals surface area contributed by atoms with E-state index < -0.39 is 0 Å². The summed E-state index contributed by atoms with van der Waals surface area (Å²) in [5.41, 5.74) is 2.81. The van der Waals surface area contributed by atoms with Gasteiger partial charge in [0.1, 0.15) is 0 Å². The highest BCUT2D eigenvalue weighted by Crippen LogP contribution is 2.32. The van der Waals surface area contributed by atoms with Gasteiger partial charge in [0.2, 0.25) is 0 Å². The van der Waals surface area contributed by atoms with Crippen molar-refractivity contribution in [2.24, 2.45) is 0 Å². The molecule has 0 aliphatic rings. The number of hydrogen-bond acceptors (Lipinski definition) is 0. The monoisotopic (exact) mass is 284 g/mol. The zero-order valence-electron chi connectivity index (χ0n) is 13.2. The summed E-state index contributed by atoms with van der Waals surface area (Å²) in [5, 5.41) is 8.12. The first kappa shape index (κ1) is 13.3. The van der Waals surface area contributed by atoms with E-state index in [1.807, 2.05) is 0 Å². The Hall–Kier alpha value is -2.34. The molecule has 0 bridgehead atoms. The average molecular weight is 284 g/mol. The Morgan fingerprint density at radius 1 is 0.500 bits per heavy atom. The third-order valence-corrected chi connectivity index (χ3v) is 4.78. The molecule has 0 radical (unpaired) electrons. The van der Waals surface area contributed by atoms with E-state index in [9.17, 15) is 0 Å². The first-order chi connectivity index (χ1) is 10.8. The van der Waals surface area contributed by atoms with Gasteiger partial charge in [0.05, 0.1) is 0 Å². The summed E-state index contributed by atoms with van der Waals surface area (Å²) in [6.07, 6.45) is 2.18. The summed E-state index contributed by atoms with van der Waals surface area (Å²) in [6, 6.07) is 22.8. The summed E-state index contributed by atoms with van der Waals surface area (Å²) in [7, 11) is 0. The molecule has 0 saturated carbocycles. The highest BCUT2D eigenvalue weighted by Gasteiger charge is 2.05. The van der Waals surface area contributed by atoms with Gasteiger partial charge in [-0.3, -0.25) is 0 Å². The SMILES string of the molecule is CCc1ccc2c(ccc3c4ccc(CC)cc4ccc23)c1. The van der Waals surface area contributed by atoms with E-state index in [0.29, 0.717) is 0 Å². The molecule has 0 unspecified atom stereocenters. The van der Waals surface area contributed by atoms with Crippen LogP contribution in [0, 0.1) is 0 Å². The van der Waals surface area contributed by atoms with Gasteiger partial charge in [-0.1, -0.05) is 74.5 Å². The molecule has 4 aromatic carbocycles. The Bertz CT molecular complexity index is 910. The smallest absolute Gasteiger partial charge is 0.00990 e. The third kappa shape index (κ3) is 1.99. The molecule has 0 fully saturated rings. The van der Waals surface area contributed by atoms with Crippen LogP contribution in [0.15, 0.2) is 60.7 Å². The zero-order valence-corrected chi connectivity index (χ0v) is 13.2. The molecular formula is C22H20. The van der Waals surface area contributed by atoms with Crippen molar-refractivity contribution in [1.82, 2.24) is 0 Å². The highest BCUT2D eigenvalue weighted by molar-refractivity contribution is 6.17. The largest absolute Gasteiger partial charge is 0.0613 e. The molecule has 0 heteroatoms. The maximum absolute atomic E-state index is 2.32. The molecule has 0 amide bonds. The van der Waals surface area contributed by atoms with Crippen LogP contribution in [0.4, 0.5) is 0 Å². The van der Waals surface area contributed by atoms with E-state index >= 15 is 0 Å². The van der Waals surface area contributed by atoms with Crippen molar-refractivity contribution in [3.8, 4) is 0 Å². The summed E-state index contributed by atoms with van der Waals surface area (Å²) < 4.78 is 0. The van der Waals surface area contributed by atoms with Gasteiger partial charge in [-0.15, -0.1) is 0 Å². The minimum atomic E-state index is 1.09. The van der Waals surface area contributed by atoms with E-state index in [1.54, 1.807) is 0 Å². The van der Waals surface area contributed by atoms with Gasteiger partial charge < -0.3 is 0 Å². The second-order valence-electron chi connectivity index (χ2n) is 6.04.